The van der Waals surface area contributed by atoms with E-state index < -0.39 is 5.92 Å². The lowest BCUT2D eigenvalue weighted by Gasteiger charge is -2.38. The number of nitriles is 1. The van der Waals surface area contributed by atoms with Gasteiger partial charge in [0.2, 0.25) is 5.13 Å². The van der Waals surface area contributed by atoms with Gasteiger partial charge in [0.25, 0.3) is 0 Å². The number of benzene rings is 1. The standard InChI is InChI=1S/C22H23N5OS2/c1-3-11-29-22-26-25-21(30-22)27-16-9-6-10-17(28)19(16)18(15(12-23)20(27)24)14-8-5-4-7-13(14)2/h4-5,7-8,18H,3,6,9-11,24H2,1-2H3. The maximum atomic E-state index is 13.1. The van der Waals surface area contributed by atoms with Crippen LogP contribution in [0.3, 0.4) is 0 Å². The van der Waals surface area contributed by atoms with Crippen LogP contribution >= 0.6 is 23.1 Å². The predicted molar refractivity (Wildman–Crippen MR) is 120 cm³/mol. The number of ketones is 1. The number of Topliss-reactive ketones (excluding diaryl/α,β-unsaturated/α-hetero) is 1. The van der Waals surface area contributed by atoms with Gasteiger partial charge in [0, 0.05) is 23.4 Å². The molecule has 1 aromatic heterocycles. The van der Waals surface area contributed by atoms with Crippen LogP contribution in [0.25, 0.3) is 0 Å². The van der Waals surface area contributed by atoms with E-state index in [9.17, 15) is 10.1 Å². The van der Waals surface area contributed by atoms with E-state index in [-0.39, 0.29) is 5.78 Å². The van der Waals surface area contributed by atoms with Crippen molar-refractivity contribution in [2.75, 3.05) is 10.7 Å². The second kappa shape index (κ2) is 8.62. The number of thioether (sulfide) groups is 1. The molecule has 30 heavy (non-hydrogen) atoms. The highest BCUT2D eigenvalue weighted by atomic mass is 32.2. The third-order valence-electron chi connectivity index (χ3n) is 5.43. The van der Waals surface area contributed by atoms with Crippen LogP contribution in [-0.2, 0) is 4.79 Å². The van der Waals surface area contributed by atoms with Gasteiger partial charge in [-0.25, -0.2) is 0 Å². The Morgan fingerprint density at radius 2 is 2.13 bits per heavy atom. The van der Waals surface area contributed by atoms with E-state index >= 15 is 0 Å². The summed E-state index contributed by atoms with van der Waals surface area (Å²) < 4.78 is 0.864. The second-order valence-corrected chi connectivity index (χ2v) is 9.67. The summed E-state index contributed by atoms with van der Waals surface area (Å²) in [7, 11) is 0. The van der Waals surface area contributed by atoms with Crippen molar-refractivity contribution >= 4 is 34.0 Å². The Hall–Kier alpha value is -2.63. The van der Waals surface area contributed by atoms with Gasteiger partial charge in [0.05, 0.1) is 17.6 Å². The van der Waals surface area contributed by atoms with Gasteiger partial charge in [-0.2, -0.15) is 5.26 Å². The molecule has 0 saturated heterocycles. The van der Waals surface area contributed by atoms with Gasteiger partial charge in [0.15, 0.2) is 10.1 Å². The molecule has 2 heterocycles. The summed E-state index contributed by atoms with van der Waals surface area (Å²) in [6, 6.07) is 10.2. The topological polar surface area (TPSA) is 95.9 Å². The van der Waals surface area contributed by atoms with E-state index in [0.29, 0.717) is 28.5 Å². The number of aryl methyl sites for hydroxylation is 1. The molecule has 0 amide bonds. The molecular weight excluding hydrogens is 414 g/mol. The molecule has 0 spiro atoms. The number of rotatable bonds is 5. The maximum absolute atomic E-state index is 13.1. The van der Waals surface area contributed by atoms with Crippen molar-refractivity contribution in [3.8, 4) is 6.07 Å². The number of anilines is 1. The molecule has 1 unspecified atom stereocenters. The average Bonchev–Trinajstić information content (AvgIpc) is 3.20. The summed E-state index contributed by atoms with van der Waals surface area (Å²) in [6.45, 7) is 4.12. The minimum absolute atomic E-state index is 0.0832. The molecular formula is C22H23N5OS2. The van der Waals surface area contributed by atoms with E-state index in [0.717, 1.165) is 46.2 Å². The highest BCUT2D eigenvalue weighted by Gasteiger charge is 2.41. The average molecular weight is 438 g/mol. The van der Waals surface area contributed by atoms with Crippen molar-refractivity contribution in [3.63, 3.8) is 0 Å². The van der Waals surface area contributed by atoms with E-state index in [1.165, 1.54) is 11.3 Å². The van der Waals surface area contributed by atoms with Gasteiger partial charge in [-0.15, -0.1) is 10.2 Å². The molecule has 0 bridgehead atoms. The number of aromatic nitrogens is 2. The van der Waals surface area contributed by atoms with Crippen LogP contribution in [0.5, 0.6) is 0 Å². The first-order valence-electron chi connectivity index (χ1n) is 10.0. The molecule has 0 radical (unpaired) electrons. The first-order valence-corrected chi connectivity index (χ1v) is 11.8. The van der Waals surface area contributed by atoms with Crippen LogP contribution in [0, 0.1) is 18.3 Å². The zero-order valence-electron chi connectivity index (χ0n) is 17.0. The fraction of sp³-hybridized carbons (Fsp3) is 0.364. The Bertz CT molecular complexity index is 1090. The van der Waals surface area contributed by atoms with E-state index in [1.807, 2.05) is 31.2 Å². The fourth-order valence-corrected chi connectivity index (χ4v) is 5.87. The van der Waals surface area contributed by atoms with Crippen molar-refractivity contribution < 1.29 is 4.79 Å². The molecule has 0 saturated carbocycles. The summed E-state index contributed by atoms with van der Waals surface area (Å²) in [5.41, 5.74) is 10.5. The fourth-order valence-electron chi connectivity index (χ4n) is 4.07. The maximum Gasteiger partial charge on any atom is 0.219 e. The molecule has 154 valence electrons. The molecule has 2 aliphatic rings. The van der Waals surface area contributed by atoms with Crippen LogP contribution in [0.1, 0.15) is 49.7 Å². The number of carbonyl (C=O) groups excluding carboxylic acids is 1. The summed E-state index contributed by atoms with van der Waals surface area (Å²) in [6.07, 6.45) is 3.02. The van der Waals surface area contributed by atoms with Gasteiger partial charge in [-0.1, -0.05) is 54.3 Å². The molecule has 2 N–H and O–H groups in total. The highest BCUT2D eigenvalue weighted by molar-refractivity contribution is 8.01. The van der Waals surface area contributed by atoms with Gasteiger partial charge < -0.3 is 5.73 Å². The molecule has 8 heteroatoms. The predicted octanol–water partition coefficient (Wildman–Crippen LogP) is 4.65. The van der Waals surface area contributed by atoms with Crippen LogP contribution in [-0.4, -0.2) is 21.7 Å². The van der Waals surface area contributed by atoms with E-state index in [4.69, 9.17) is 5.73 Å². The summed E-state index contributed by atoms with van der Waals surface area (Å²) >= 11 is 3.11. The Morgan fingerprint density at radius 1 is 1.33 bits per heavy atom. The number of nitrogens with two attached hydrogens (primary N) is 1. The Morgan fingerprint density at radius 3 is 2.87 bits per heavy atom. The van der Waals surface area contributed by atoms with Crippen molar-refractivity contribution in [1.82, 2.24) is 10.2 Å². The second-order valence-electron chi connectivity index (χ2n) is 7.37. The zero-order chi connectivity index (χ0) is 21.3. The molecule has 6 nitrogen and oxygen atoms in total. The normalized spacial score (nSPS) is 19.2. The van der Waals surface area contributed by atoms with E-state index in [2.05, 4.69) is 23.2 Å². The summed E-state index contributed by atoms with van der Waals surface area (Å²) in [4.78, 5) is 14.9. The van der Waals surface area contributed by atoms with Gasteiger partial charge >= 0.3 is 0 Å². The molecule has 1 aromatic carbocycles. The quantitative estimate of drug-likeness (QED) is 0.680. The highest BCUT2D eigenvalue weighted by Crippen LogP contribution is 2.47. The Kier molecular flexibility index (Phi) is 5.93. The third kappa shape index (κ3) is 3.53. The monoisotopic (exact) mass is 437 g/mol. The van der Waals surface area contributed by atoms with Crippen LogP contribution in [0.4, 0.5) is 5.13 Å². The number of hydrogen-bond acceptors (Lipinski definition) is 8. The number of nitrogens with zero attached hydrogens (tertiary/aromatic N) is 4. The number of hydrogen-bond donors (Lipinski definition) is 1. The lowest BCUT2D eigenvalue weighted by molar-refractivity contribution is -0.116. The lowest BCUT2D eigenvalue weighted by atomic mass is 9.75. The molecule has 1 aliphatic carbocycles. The van der Waals surface area contributed by atoms with Crippen LogP contribution < -0.4 is 10.6 Å². The lowest BCUT2D eigenvalue weighted by Crippen LogP contribution is -2.38. The first kappa shape index (κ1) is 20.6. The van der Waals surface area contributed by atoms with Crippen molar-refractivity contribution in [2.45, 2.75) is 49.8 Å². The largest absolute Gasteiger partial charge is 0.384 e. The number of allylic oxidation sites excluding steroid dienone is 3. The van der Waals surface area contributed by atoms with E-state index in [1.54, 1.807) is 16.7 Å². The third-order valence-corrected chi connectivity index (χ3v) is 7.68. The summed E-state index contributed by atoms with van der Waals surface area (Å²) in [5.74, 6) is 0.963. The minimum Gasteiger partial charge on any atom is -0.384 e. The van der Waals surface area contributed by atoms with Crippen molar-refractivity contribution in [1.29, 1.82) is 5.26 Å². The molecule has 1 atom stereocenters. The van der Waals surface area contributed by atoms with Crippen LogP contribution in [0.15, 0.2) is 51.3 Å². The Labute approximate surface area is 184 Å². The molecule has 4 rings (SSSR count). The molecule has 2 aromatic rings. The van der Waals surface area contributed by atoms with Crippen LogP contribution in [0.2, 0.25) is 0 Å². The smallest absolute Gasteiger partial charge is 0.219 e. The zero-order valence-corrected chi connectivity index (χ0v) is 18.6. The first-order chi connectivity index (χ1) is 14.6. The van der Waals surface area contributed by atoms with Crippen molar-refractivity contribution in [2.24, 2.45) is 5.73 Å². The minimum atomic E-state index is -0.433. The Balaban J connectivity index is 1.88. The van der Waals surface area contributed by atoms with Gasteiger partial charge in [-0.05, 0) is 37.3 Å². The number of carbonyl (C=O) groups is 1. The molecule has 1 aliphatic heterocycles. The SMILES string of the molecule is CCCSc1nnc(N2C(N)=C(C#N)C(c3ccccc3C)C3=C2CCCC3=O)s1. The van der Waals surface area contributed by atoms with Gasteiger partial charge in [0.1, 0.15) is 5.82 Å². The summed E-state index contributed by atoms with van der Waals surface area (Å²) in [5, 5.41) is 19.3. The van der Waals surface area contributed by atoms with Gasteiger partial charge in [-0.3, -0.25) is 9.69 Å². The van der Waals surface area contributed by atoms with Crippen molar-refractivity contribution in [3.05, 3.63) is 58.1 Å². The molecule has 0 fully saturated rings.